The van der Waals surface area contributed by atoms with Crippen molar-refractivity contribution < 1.29 is 4.79 Å². The van der Waals surface area contributed by atoms with E-state index in [1.165, 1.54) is 0 Å². The molecule has 0 aliphatic heterocycles. The highest BCUT2D eigenvalue weighted by Gasteiger charge is 2.16. The summed E-state index contributed by atoms with van der Waals surface area (Å²) in [4.78, 5) is 20.1. The van der Waals surface area contributed by atoms with Crippen molar-refractivity contribution in [2.75, 3.05) is 5.75 Å². The van der Waals surface area contributed by atoms with Gasteiger partial charge in [0.15, 0.2) is 0 Å². The van der Waals surface area contributed by atoms with Crippen LogP contribution < -0.4 is 5.32 Å². The van der Waals surface area contributed by atoms with Gasteiger partial charge in [-0.3, -0.25) is 4.79 Å². The molecule has 4 nitrogen and oxygen atoms in total. The SMILES string of the molecule is CCC(NC(=O)CSCc1cccc(Cl)c1)c1ncc(-c2ccccc2)[nH]1. The fourth-order valence-corrected chi connectivity index (χ4v) is 3.77. The number of rotatable bonds is 8. The smallest absolute Gasteiger partial charge is 0.230 e. The number of imidazole rings is 1. The van der Waals surface area contributed by atoms with Crippen LogP contribution in [-0.4, -0.2) is 21.6 Å². The maximum absolute atomic E-state index is 12.3. The number of halogens is 1. The largest absolute Gasteiger partial charge is 0.345 e. The molecule has 0 fully saturated rings. The highest BCUT2D eigenvalue weighted by Crippen LogP contribution is 2.21. The van der Waals surface area contributed by atoms with Gasteiger partial charge in [-0.05, 0) is 29.7 Å². The van der Waals surface area contributed by atoms with Gasteiger partial charge < -0.3 is 10.3 Å². The maximum Gasteiger partial charge on any atom is 0.230 e. The number of aromatic nitrogens is 2. The Hall–Kier alpha value is -2.24. The van der Waals surface area contributed by atoms with Crippen molar-refractivity contribution >= 4 is 29.3 Å². The normalized spacial score (nSPS) is 11.9. The molecule has 1 heterocycles. The molecule has 0 bridgehead atoms. The van der Waals surface area contributed by atoms with E-state index in [0.29, 0.717) is 5.75 Å². The first-order valence-corrected chi connectivity index (χ1v) is 10.4. The van der Waals surface area contributed by atoms with Gasteiger partial charge in [-0.15, -0.1) is 11.8 Å². The number of H-pyrrole nitrogens is 1. The lowest BCUT2D eigenvalue weighted by atomic mass is 10.2. The fourth-order valence-electron chi connectivity index (χ4n) is 2.77. The Morgan fingerprint density at radius 1 is 1.22 bits per heavy atom. The van der Waals surface area contributed by atoms with Crippen LogP contribution in [0, 0.1) is 0 Å². The zero-order chi connectivity index (χ0) is 19.1. The lowest BCUT2D eigenvalue weighted by molar-refractivity contribution is -0.119. The minimum Gasteiger partial charge on any atom is -0.345 e. The number of nitrogens with one attached hydrogen (secondary N) is 2. The van der Waals surface area contributed by atoms with Gasteiger partial charge in [0.2, 0.25) is 5.91 Å². The number of aromatic amines is 1. The Morgan fingerprint density at radius 2 is 2.04 bits per heavy atom. The van der Waals surface area contributed by atoms with Crippen LogP contribution in [0.4, 0.5) is 0 Å². The molecule has 3 rings (SSSR count). The summed E-state index contributed by atoms with van der Waals surface area (Å²) >= 11 is 7.56. The predicted octanol–water partition coefficient (Wildman–Crippen LogP) is 5.23. The van der Waals surface area contributed by atoms with E-state index in [1.807, 2.05) is 67.7 Å². The molecule has 1 unspecified atom stereocenters. The van der Waals surface area contributed by atoms with E-state index in [-0.39, 0.29) is 11.9 Å². The number of amides is 1. The molecule has 0 radical (unpaired) electrons. The molecule has 0 saturated carbocycles. The monoisotopic (exact) mass is 399 g/mol. The fraction of sp³-hybridized carbons (Fsp3) is 0.238. The molecule has 0 aliphatic carbocycles. The zero-order valence-corrected chi connectivity index (χ0v) is 16.7. The molecule has 27 heavy (non-hydrogen) atoms. The minimum absolute atomic E-state index is 0.00605. The van der Waals surface area contributed by atoms with E-state index < -0.39 is 0 Å². The van der Waals surface area contributed by atoms with Gasteiger partial charge in [0, 0.05) is 10.8 Å². The van der Waals surface area contributed by atoms with Gasteiger partial charge in [-0.2, -0.15) is 0 Å². The summed E-state index contributed by atoms with van der Waals surface area (Å²) in [6.07, 6.45) is 2.58. The molecule has 1 amide bonds. The molecule has 2 N–H and O–H groups in total. The Labute approximate surface area is 168 Å². The van der Waals surface area contributed by atoms with Crippen molar-refractivity contribution in [1.29, 1.82) is 0 Å². The highest BCUT2D eigenvalue weighted by atomic mass is 35.5. The van der Waals surface area contributed by atoms with E-state index in [0.717, 1.165) is 39.8 Å². The number of carbonyl (C=O) groups is 1. The van der Waals surface area contributed by atoms with E-state index in [4.69, 9.17) is 11.6 Å². The van der Waals surface area contributed by atoms with Gasteiger partial charge in [-0.1, -0.05) is 61.0 Å². The predicted molar refractivity (Wildman–Crippen MR) is 113 cm³/mol. The second kappa shape index (κ2) is 9.62. The van der Waals surface area contributed by atoms with E-state index >= 15 is 0 Å². The van der Waals surface area contributed by atoms with E-state index in [2.05, 4.69) is 15.3 Å². The second-order valence-electron chi connectivity index (χ2n) is 6.20. The van der Waals surface area contributed by atoms with E-state index in [1.54, 1.807) is 11.8 Å². The molecular weight excluding hydrogens is 378 g/mol. The molecule has 1 aromatic heterocycles. The Bertz CT molecular complexity index is 882. The topological polar surface area (TPSA) is 57.8 Å². The number of thioether (sulfide) groups is 1. The summed E-state index contributed by atoms with van der Waals surface area (Å²) in [7, 11) is 0. The van der Waals surface area contributed by atoms with Crippen LogP contribution in [0.1, 0.15) is 30.8 Å². The molecule has 0 spiro atoms. The summed E-state index contributed by atoms with van der Waals surface area (Å²) in [5.74, 6) is 1.94. The standard InChI is InChI=1S/C21H22ClN3OS/c1-2-18(21-23-12-19(25-21)16-8-4-3-5-9-16)24-20(26)14-27-13-15-7-6-10-17(22)11-15/h3-12,18H,2,13-14H2,1H3,(H,23,25)(H,24,26). The molecule has 3 aromatic rings. The van der Waals surface area contributed by atoms with Crippen LogP contribution in [0.2, 0.25) is 5.02 Å². The first kappa shape index (κ1) is 19.5. The average molecular weight is 400 g/mol. The quantitative estimate of drug-likeness (QED) is 0.545. The molecule has 140 valence electrons. The van der Waals surface area contributed by atoms with Crippen molar-refractivity contribution in [3.63, 3.8) is 0 Å². The minimum atomic E-state index is -0.123. The zero-order valence-electron chi connectivity index (χ0n) is 15.1. The van der Waals surface area contributed by atoms with Crippen LogP contribution in [0.5, 0.6) is 0 Å². The average Bonchev–Trinajstić information content (AvgIpc) is 3.17. The second-order valence-corrected chi connectivity index (χ2v) is 7.62. The van der Waals surface area contributed by atoms with Gasteiger partial charge in [0.1, 0.15) is 5.82 Å². The number of hydrogen-bond acceptors (Lipinski definition) is 3. The maximum atomic E-state index is 12.3. The number of carbonyl (C=O) groups excluding carboxylic acids is 1. The summed E-state index contributed by atoms with van der Waals surface area (Å²) < 4.78 is 0. The Kier molecular flexibility index (Phi) is 6.96. The van der Waals surface area contributed by atoms with Gasteiger partial charge >= 0.3 is 0 Å². The molecule has 0 saturated heterocycles. The molecular formula is C21H22ClN3OS. The summed E-state index contributed by atoms with van der Waals surface area (Å²) in [5.41, 5.74) is 3.15. The third-order valence-electron chi connectivity index (χ3n) is 4.14. The summed E-state index contributed by atoms with van der Waals surface area (Å²) in [5, 5.41) is 3.78. The van der Waals surface area contributed by atoms with Crippen molar-refractivity contribution in [2.24, 2.45) is 0 Å². The van der Waals surface area contributed by atoms with Crippen molar-refractivity contribution in [2.45, 2.75) is 25.1 Å². The van der Waals surface area contributed by atoms with Crippen LogP contribution >= 0.6 is 23.4 Å². The number of benzene rings is 2. The molecule has 6 heteroatoms. The summed E-state index contributed by atoms with van der Waals surface area (Å²) in [6.45, 7) is 2.04. The molecule has 0 aliphatic rings. The van der Waals surface area contributed by atoms with Crippen molar-refractivity contribution in [3.05, 3.63) is 77.2 Å². The van der Waals surface area contributed by atoms with Gasteiger partial charge in [0.25, 0.3) is 0 Å². The van der Waals surface area contributed by atoms with Gasteiger partial charge in [-0.25, -0.2) is 4.98 Å². The highest BCUT2D eigenvalue weighted by molar-refractivity contribution is 7.99. The molecule has 2 aromatic carbocycles. The lowest BCUT2D eigenvalue weighted by Crippen LogP contribution is -2.30. The van der Waals surface area contributed by atoms with Crippen LogP contribution in [0.15, 0.2) is 60.8 Å². The van der Waals surface area contributed by atoms with Crippen LogP contribution in [0.25, 0.3) is 11.3 Å². The van der Waals surface area contributed by atoms with Gasteiger partial charge in [0.05, 0.1) is 23.7 Å². The van der Waals surface area contributed by atoms with Crippen molar-refractivity contribution in [1.82, 2.24) is 15.3 Å². The first-order valence-electron chi connectivity index (χ1n) is 8.87. The third-order valence-corrected chi connectivity index (χ3v) is 5.38. The van der Waals surface area contributed by atoms with Crippen LogP contribution in [0.3, 0.4) is 0 Å². The molecule has 1 atom stereocenters. The van der Waals surface area contributed by atoms with E-state index in [9.17, 15) is 4.79 Å². The van der Waals surface area contributed by atoms with Crippen molar-refractivity contribution in [3.8, 4) is 11.3 Å². The van der Waals surface area contributed by atoms with Crippen LogP contribution in [-0.2, 0) is 10.5 Å². The summed E-state index contributed by atoms with van der Waals surface area (Å²) in [6, 6.07) is 17.6. The lowest BCUT2D eigenvalue weighted by Gasteiger charge is -2.14. The number of nitrogens with zero attached hydrogens (tertiary/aromatic N) is 1. The Balaban J connectivity index is 1.53. The first-order chi connectivity index (χ1) is 13.2. The number of hydrogen-bond donors (Lipinski definition) is 2. The third kappa shape index (κ3) is 5.62. The Morgan fingerprint density at radius 3 is 2.78 bits per heavy atom.